The van der Waals surface area contributed by atoms with E-state index < -0.39 is 25.9 Å². The molecule has 0 amide bonds. The Balaban J connectivity index is 4.41. The zero-order valence-corrected chi connectivity index (χ0v) is 19.3. The quantitative estimate of drug-likeness (QED) is 0.183. The van der Waals surface area contributed by atoms with Gasteiger partial charge in [0.2, 0.25) is 8.32 Å². The van der Waals surface area contributed by atoms with E-state index >= 15 is 0 Å². The molecule has 1 atom stereocenters. The van der Waals surface area contributed by atoms with E-state index in [1.807, 2.05) is 6.08 Å². The highest BCUT2D eigenvalue weighted by molar-refractivity contribution is 6.74. The van der Waals surface area contributed by atoms with Crippen LogP contribution in [0.3, 0.4) is 0 Å². The topological polar surface area (TPSA) is 61.8 Å². The Kier molecular flexibility index (Phi) is 9.25. The molecule has 0 saturated carbocycles. The number of hydrogen-bond donors (Lipinski definition) is 0. The van der Waals surface area contributed by atoms with Crippen LogP contribution in [0.25, 0.3) is 0 Å². The van der Waals surface area contributed by atoms with Crippen molar-refractivity contribution in [1.29, 1.82) is 0 Å². The molecule has 0 spiro atoms. The van der Waals surface area contributed by atoms with E-state index in [9.17, 15) is 9.59 Å². The van der Waals surface area contributed by atoms with Crippen LogP contribution in [0.5, 0.6) is 0 Å². The molecule has 27 heavy (non-hydrogen) atoms. The van der Waals surface area contributed by atoms with Gasteiger partial charge in [0.15, 0.2) is 0 Å². The molecule has 0 aliphatic heterocycles. The second kappa shape index (κ2) is 9.92. The highest BCUT2D eigenvalue weighted by atomic mass is 28.4. The van der Waals surface area contributed by atoms with Crippen molar-refractivity contribution in [1.82, 2.24) is 0 Å². The van der Waals surface area contributed by atoms with E-state index in [4.69, 9.17) is 13.9 Å². The molecule has 1 unspecified atom stereocenters. The van der Waals surface area contributed by atoms with E-state index in [2.05, 4.69) is 40.4 Å². The molecule has 0 N–H and O–H groups in total. The second-order valence-electron chi connectivity index (χ2n) is 9.08. The minimum Gasteiger partial charge on any atom is -0.544 e. The zero-order chi connectivity index (χ0) is 21.5. The van der Waals surface area contributed by atoms with E-state index in [1.165, 1.54) is 0 Å². The van der Waals surface area contributed by atoms with Crippen LogP contribution in [0.2, 0.25) is 18.1 Å². The van der Waals surface area contributed by atoms with E-state index in [0.717, 1.165) is 12.2 Å². The lowest BCUT2D eigenvalue weighted by Gasteiger charge is -2.36. The monoisotopic (exact) mass is 396 g/mol. The fourth-order valence-electron chi connectivity index (χ4n) is 1.66. The van der Waals surface area contributed by atoms with Crippen LogP contribution in [-0.2, 0) is 23.5 Å². The predicted molar refractivity (Wildman–Crippen MR) is 112 cm³/mol. The lowest BCUT2D eigenvalue weighted by atomic mass is 10.2. The van der Waals surface area contributed by atoms with Crippen LogP contribution >= 0.6 is 0 Å². The molecule has 0 rings (SSSR count). The van der Waals surface area contributed by atoms with Gasteiger partial charge in [0.25, 0.3) is 0 Å². The Hall–Kier alpha value is -1.82. The third-order valence-corrected chi connectivity index (χ3v) is 8.43. The number of rotatable bonds is 8. The SMILES string of the molecule is C=C(/C=C/CC(C)OC(=O)/C=C/C(=O)OC(C)(C)C)O[Si](C)(C)C(C)(C)C. The molecule has 0 aliphatic rings. The van der Waals surface area contributed by atoms with Crippen LogP contribution in [0.1, 0.15) is 54.9 Å². The van der Waals surface area contributed by atoms with Gasteiger partial charge in [-0.1, -0.05) is 33.4 Å². The molecular weight excluding hydrogens is 360 g/mol. The van der Waals surface area contributed by atoms with Gasteiger partial charge in [0.05, 0.1) is 5.76 Å². The minimum atomic E-state index is -1.90. The molecule has 0 aromatic heterocycles. The molecule has 0 aliphatic carbocycles. The molecule has 0 aromatic carbocycles. The third-order valence-electron chi connectivity index (χ3n) is 4.04. The first-order valence-electron chi connectivity index (χ1n) is 9.19. The zero-order valence-electron chi connectivity index (χ0n) is 18.3. The van der Waals surface area contributed by atoms with Crippen molar-refractivity contribution in [3.05, 3.63) is 36.6 Å². The van der Waals surface area contributed by atoms with Crippen LogP contribution < -0.4 is 0 Å². The molecule has 0 fully saturated rings. The smallest absolute Gasteiger partial charge is 0.331 e. The van der Waals surface area contributed by atoms with E-state index in [0.29, 0.717) is 12.2 Å². The first kappa shape index (κ1) is 25.2. The summed E-state index contributed by atoms with van der Waals surface area (Å²) in [6.07, 6.45) is 6.01. The summed E-state index contributed by atoms with van der Waals surface area (Å²) in [6, 6.07) is 0. The number of carbonyl (C=O) groups excluding carboxylic acids is 2. The fourth-order valence-corrected chi connectivity index (χ4v) is 2.69. The Labute approximate surface area is 165 Å². The number of allylic oxidation sites excluding steroid dienone is 1. The van der Waals surface area contributed by atoms with Gasteiger partial charge in [-0.2, -0.15) is 0 Å². The number of esters is 2. The maximum absolute atomic E-state index is 11.7. The average Bonchev–Trinajstić information content (AvgIpc) is 2.41. The number of ether oxygens (including phenoxy) is 2. The second-order valence-corrected chi connectivity index (χ2v) is 13.8. The van der Waals surface area contributed by atoms with Gasteiger partial charge in [-0.3, -0.25) is 0 Å². The van der Waals surface area contributed by atoms with Gasteiger partial charge < -0.3 is 13.9 Å². The van der Waals surface area contributed by atoms with Gasteiger partial charge >= 0.3 is 11.9 Å². The van der Waals surface area contributed by atoms with Crippen molar-refractivity contribution in [3.63, 3.8) is 0 Å². The summed E-state index contributed by atoms with van der Waals surface area (Å²) in [5, 5.41) is 0.104. The lowest BCUT2D eigenvalue weighted by Crippen LogP contribution is -2.40. The Morgan fingerprint density at radius 3 is 2.00 bits per heavy atom. The van der Waals surface area contributed by atoms with Crippen molar-refractivity contribution in [2.75, 3.05) is 0 Å². The van der Waals surface area contributed by atoms with Crippen LogP contribution in [-0.4, -0.2) is 32.0 Å². The van der Waals surface area contributed by atoms with Gasteiger partial charge in [0.1, 0.15) is 11.7 Å². The highest BCUT2D eigenvalue weighted by Crippen LogP contribution is 2.37. The Morgan fingerprint density at radius 2 is 1.52 bits per heavy atom. The van der Waals surface area contributed by atoms with E-state index in [-0.39, 0.29) is 11.1 Å². The summed E-state index contributed by atoms with van der Waals surface area (Å²) >= 11 is 0. The molecule has 154 valence electrons. The number of hydrogen-bond acceptors (Lipinski definition) is 5. The predicted octanol–water partition coefficient (Wildman–Crippen LogP) is 5.30. The molecule has 0 heterocycles. The molecule has 0 bridgehead atoms. The maximum atomic E-state index is 11.7. The summed E-state index contributed by atoms with van der Waals surface area (Å²) in [7, 11) is -1.90. The standard InChI is InChI=1S/C21H36O5Si/c1-16(24-18(22)14-15-19(23)25-20(3,4)5)12-11-13-17(2)26-27(9,10)21(6,7)8/h11,13-16H,2,12H2,1,3-10H3/b13-11+,15-14+. The molecule has 5 nitrogen and oxygen atoms in total. The molecule has 0 radical (unpaired) electrons. The third kappa shape index (κ3) is 11.5. The first-order chi connectivity index (χ1) is 12.0. The molecule has 6 heteroatoms. The molecule has 0 aromatic rings. The van der Waals surface area contributed by atoms with Gasteiger partial charge in [-0.15, -0.1) is 0 Å². The van der Waals surface area contributed by atoms with Crippen LogP contribution in [0.15, 0.2) is 36.6 Å². The van der Waals surface area contributed by atoms with Crippen LogP contribution in [0.4, 0.5) is 0 Å². The lowest BCUT2D eigenvalue weighted by molar-refractivity contribution is -0.149. The van der Waals surface area contributed by atoms with E-state index in [1.54, 1.807) is 33.8 Å². The van der Waals surface area contributed by atoms with Crippen LogP contribution in [0, 0.1) is 0 Å². The highest BCUT2D eigenvalue weighted by Gasteiger charge is 2.38. The minimum absolute atomic E-state index is 0.104. The summed E-state index contributed by atoms with van der Waals surface area (Å²) in [6.45, 7) is 21.8. The first-order valence-corrected chi connectivity index (χ1v) is 12.1. The van der Waals surface area contributed by atoms with Crippen molar-refractivity contribution < 1.29 is 23.5 Å². The van der Waals surface area contributed by atoms with Crippen molar-refractivity contribution >= 4 is 20.3 Å². The maximum Gasteiger partial charge on any atom is 0.331 e. The van der Waals surface area contributed by atoms with Crippen molar-refractivity contribution in [2.24, 2.45) is 0 Å². The summed E-state index contributed by atoms with van der Waals surface area (Å²) in [5.41, 5.74) is -0.599. The number of carbonyl (C=O) groups is 2. The van der Waals surface area contributed by atoms with Crippen molar-refractivity contribution in [2.45, 2.75) is 84.7 Å². The summed E-state index contributed by atoms with van der Waals surface area (Å²) in [5.74, 6) is -0.547. The van der Waals surface area contributed by atoms with Crippen molar-refractivity contribution in [3.8, 4) is 0 Å². The largest absolute Gasteiger partial charge is 0.544 e. The molecular formula is C21H36O5Si. The average molecular weight is 397 g/mol. The fraction of sp³-hybridized carbons (Fsp3) is 0.619. The molecule has 0 saturated heterocycles. The Morgan fingerprint density at radius 1 is 1.00 bits per heavy atom. The summed E-state index contributed by atoms with van der Waals surface area (Å²) in [4.78, 5) is 23.3. The normalized spacial score (nSPS) is 14.3. The van der Waals surface area contributed by atoms with Gasteiger partial charge in [-0.25, -0.2) is 9.59 Å². The van der Waals surface area contributed by atoms with Gasteiger partial charge in [-0.05, 0) is 51.9 Å². The van der Waals surface area contributed by atoms with Gasteiger partial charge in [0, 0.05) is 18.6 Å². The Bertz CT molecular complexity index is 589. The summed E-state index contributed by atoms with van der Waals surface area (Å²) < 4.78 is 16.4.